The maximum atomic E-state index is 13.3. The van der Waals surface area contributed by atoms with Gasteiger partial charge in [-0.05, 0) is 22.8 Å². The van der Waals surface area contributed by atoms with Crippen LogP contribution >= 0.6 is 0 Å². The van der Waals surface area contributed by atoms with E-state index in [1.807, 2.05) is 19.2 Å². The highest BCUT2D eigenvalue weighted by atomic mass is 16.3. The Kier molecular flexibility index (Phi) is 6.40. The number of hydrogen-bond donors (Lipinski definition) is 1. The van der Waals surface area contributed by atoms with Crippen molar-refractivity contribution in [2.45, 2.75) is 32.1 Å². The zero-order valence-corrected chi connectivity index (χ0v) is 23.4. The summed E-state index contributed by atoms with van der Waals surface area (Å²) in [7, 11) is 1.98. The molecule has 9 heteroatoms. The second kappa shape index (κ2) is 9.83. The normalized spacial score (nSPS) is 21.0. The predicted molar refractivity (Wildman–Crippen MR) is 154 cm³/mol. The number of carbonyl (C=O) groups excluding carboxylic acids is 3. The average Bonchev–Trinajstić information content (AvgIpc) is 3.38. The summed E-state index contributed by atoms with van der Waals surface area (Å²) in [4.78, 5) is 52.4. The van der Waals surface area contributed by atoms with Crippen LogP contribution in [-0.2, 0) is 19.8 Å². The van der Waals surface area contributed by atoms with E-state index in [1.54, 1.807) is 10.7 Å². The van der Waals surface area contributed by atoms with Crippen molar-refractivity contribution in [3.05, 3.63) is 81.0 Å². The number of anilines is 1. The summed E-state index contributed by atoms with van der Waals surface area (Å²) in [6, 6.07) is 12.5. The summed E-state index contributed by atoms with van der Waals surface area (Å²) in [5, 5.41) is 18.5. The first kappa shape index (κ1) is 26.7. The number of amides is 3. The third-order valence-electron chi connectivity index (χ3n) is 8.83. The minimum atomic E-state index is -0.380. The lowest BCUT2D eigenvalue weighted by Crippen LogP contribution is -2.52. The van der Waals surface area contributed by atoms with Crippen LogP contribution in [0, 0.1) is 5.92 Å². The molecule has 0 unspecified atom stereocenters. The van der Waals surface area contributed by atoms with Crippen molar-refractivity contribution >= 4 is 40.3 Å². The van der Waals surface area contributed by atoms with E-state index in [4.69, 9.17) is 0 Å². The molecule has 41 heavy (non-hydrogen) atoms. The van der Waals surface area contributed by atoms with E-state index < -0.39 is 0 Å². The van der Waals surface area contributed by atoms with Crippen LogP contribution in [0.4, 0.5) is 5.69 Å². The van der Waals surface area contributed by atoms with Crippen LogP contribution < -0.4 is 30.7 Å². The topological polar surface area (TPSA) is 113 Å². The molecule has 0 saturated carbocycles. The van der Waals surface area contributed by atoms with Crippen molar-refractivity contribution < 1.29 is 19.5 Å². The highest BCUT2D eigenvalue weighted by Crippen LogP contribution is 2.50. The van der Waals surface area contributed by atoms with Crippen molar-refractivity contribution in [3.8, 4) is 5.75 Å². The Morgan fingerprint density at radius 1 is 1.07 bits per heavy atom. The molecule has 3 aliphatic rings. The minimum absolute atomic E-state index is 0.123. The molecule has 6 rings (SSSR count). The lowest BCUT2D eigenvalue weighted by atomic mass is 9.82. The number of carbonyl (C=O) groups is 3. The number of likely N-dealkylation sites (N-methyl/N-ethyl adjacent to an activating group) is 1. The van der Waals surface area contributed by atoms with Crippen LogP contribution in [0.3, 0.4) is 0 Å². The number of fused-ring (bicyclic) bond motifs is 3. The van der Waals surface area contributed by atoms with Crippen molar-refractivity contribution in [3.63, 3.8) is 0 Å². The van der Waals surface area contributed by atoms with E-state index in [-0.39, 0.29) is 64.2 Å². The summed E-state index contributed by atoms with van der Waals surface area (Å²) in [5.74, 6) is -1.41. The monoisotopic (exact) mass is 552 g/mol. The Morgan fingerprint density at radius 2 is 1.76 bits per heavy atom. The summed E-state index contributed by atoms with van der Waals surface area (Å²) in [6.45, 7) is 5.40. The van der Waals surface area contributed by atoms with Gasteiger partial charge in [-0.2, -0.15) is 0 Å². The number of piperidine rings is 1. The first-order valence-electron chi connectivity index (χ1n) is 14.0. The van der Waals surface area contributed by atoms with Gasteiger partial charge in [-0.1, -0.05) is 50.2 Å². The van der Waals surface area contributed by atoms with E-state index in [0.29, 0.717) is 25.9 Å². The third kappa shape index (κ3) is 4.27. The first-order valence-corrected chi connectivity index (χ1v) is 14.0. The van der Waals surface area contributed by atoms with Crippen molar-refractivity contribution in [1.82, 2.24) is 14.8 Å². The van der Waals surface area contributed by atoms with Gasteiger partial charge in [0.05, 0.1) is 5.69 Å². The van der Waals surface area contributed by atoms with Gasteiger partial charge in [0.2, 0.25) is 11.3 Å². The molecular formula is C32H32N4O5. The predicted octanol–water partition coefficient (Wildman–Crippen LogP) is 1.14. The molecule has 1 fully saturated rings. The summed E-state index contributed by atoms with van der Waals surface area (Å²) >= 11 is 0. The van der Waals surface area contributed by atoms with E-state index in [9.17, 15) is 24.3 Å². The molecule has 3 aromatic rings. The van der Waals surface area contributed by atoms with E-state index in [1.165, 1.54) is 12.2 Å². The molecule has 1 saturated heterocycles. The van der Waals surface area contributed by atoms with E-state index >= 15 is 0 Å². The molecule has 3 amide bonds. The van der Waals surface area contributed by atoms with Crippen LogP contribution in [0.2, 0.25) is 0 Å². The molecule has 9 nitrogen and oxygen atoms in total. The largest absolute Gasteiger partial charge is 0.867 e. The molecule has 3 aromatic carbocycles. The second-order valence-electron chi connectivity index (χ2n) is 11.5. The van der Waals surface area contributed by atoms with Crippen molar-refractivity contribution in [2.24, 2.45) is 5.92 Å². The van der Waals surface area contributed by atoms with Gasteiger partial charge in [-0.3, -0.25) is 24.1 Å². The van der Waals surface area contributed by atoms with E-state index in [0.717, 1.165) is 32.6 Å². The maximum absolute atomic E-state index is 13.3. The van der Waals surface area contributed by atoms with Crippen LogP contribution in [0.1, 0.15) is 37.8 Å². The zero-order valence-electron chi connectivity index (χ0n) is 23.4. The fourth-order valence-electron chi connectivity index (χ4n) is 6.48. The Morgan fingerprint density at radius 3 is 2.44 bits per heavy atom. The Hall–Kier alpha value is -4.53. The quantitative estimate of drug-likeness (QED) is 0.375. The fraction of sp³-hybridized carbons (Fsp3) is 0.344. The van der Waals surface area contributed by atoms with Crippen molar-refractivity contribution in [2.75, 3.05) is 38.1 Å². The van der Waals surface area contributed by atoms with Crippen molar-refractivity contribution in [1.29, 1.82) is 0 Å². The number of allylic oxidation sites excluding steroid dienone is 1. The number of imide groups is 1. The Balaban J connectivity index is 1.16. The van der Waals surface area contributed by atoms with Gasteiger partial charge < -0.3 is 15.3 Å². The van der Waals surface area contributed by atoms with Gasteiger partial charge in [-0.15, -0.1) is 0 Å². The highest BCUT2D eigenvalue weighted by Gasteiger charge is 2.40. The Bertz CT molecular complexity index is 1740. The number of nitrogens with one attached hydrogen (secondary N) is 1. The zero-order chi connectivity index (χ0) is 29.1. The summed E-state index contributed by atoms with van der Waals surface area (Å²) < 4.78 is 1.80. The minimum Gasteiger partial charge on any atom is -0.867 e. The molecule has 0 spiro atoms. The number of rotatable bonds is 5. The number of nitrogens with zero attached hydrogens (tertiary/aromatic N) is 3. The van der Waals surface area contributed by atoms with Gasteiger partial charge >= 0.3 is 0 Å². The van der Waals surface area contributed by atoms with Gasteiger partial charge in [0.1, 0.15) is 13.1 Å². The molecular weight excluding hydrogens is 520 g/mol. The highest BCUT2D eigenvalue weighted by molar-refractivity contribution is 6.12. The fourth-order valence-corrected chi connectivity index (χ4v) is 6.48. The molecule has 0 aromatic heterocycles. The van der Waals surface area contributed by atoms with Crippen LogP contribution in [0.25, 0.3) is 16.8 Å². The van der Waals surface area contributed by atoms with Gasteiger partial charge in [0.25, 0.3) is 17.2 Å². The number of benzene rings is 2. The van der Waals surface area contributed by atoms with Gasteiger partial charge in [0, 0.05) is 73.1 Å². The maximum Gasteiger partial charge on any atom is 0.255 e. The molecule has 3 heterocycles. The molecule has 0 atom stereocenters. The van der Waals surface area contributed by atoms with Gasteiger partial charge in [0.15, 0.2) is 0 Å². The molecule has 0 bridgehead atoms. The summed E-state index contributed by atoms with van der Waals surface area (Å²) in [5.41, 5.74) is 2.73. The lowest BCUT2D eigenvalue weighted by Gasteiger charge is -2.26. The third-order valence-corrected chi connectivity index (χ3v) is 8.83. The smallest absolute Gasteiger partial charge is 0.255 e. The molecule has 1 N–H and O–H groups in total. The van der Waals surface area contributed by atoms with Crippen LogP contribution in [0.5, 0.6) is 5.75 Å². The SMILES string of the molecule is CN1C(=Cc2c([O-])c(=[N+]3CCC(C(=O)NCCN4C(=O)C=CC4=O)CC3)c2=O)C(C)(C)c2ccc3ccccc3c21. The summed E-state index contributed by atoms with van der Waals surface area (Å²) in [6.07, 6.45) is 5.21. The average molecular weight is 553 g/mol. The molecule has 0 aliphatic carbocycles. The van der Waals surface area contributed by atoms with E-state index in [2.05, 4.69) is 48.3 Å². The standard InChI is InChI=1S/C32H32N4O5/c1-32(2)23-9-8-19-6-4-5-7-21(19)27(23)34(3)24(32)18-22-29(39)28(30(22)40)35-15-12-20(13-16-35)31(41)33-14-17-36-25(37)10-11-26(36)38/h4-11,18,20H,12-17H2,1-3H3,(H-,33,39,40,41). The molecule has 3 aliphatic heterocycles. The number of hydrogen-bond acceptors (Lipinski definition) is 6. The van der Waals surface area contributed by atoms with Crippen LogP contribution in [0.15, 0.2) is 59.0 Å². The van der Waals surface area contributed by atoms with Crippen LogP contribution in [-0.4, -0.2) is 55.8 Å². The molecule has 0 radical (unpaired) electrons. The lowest BCUT2D eigenvalue weighted by molar-refractivity contribution is -0.273. The Labute approximate surface area is 237 Å². The molecule has 210 valence electrons. The van der Waals surface area contributed by atoms with Gasteiger partial charge in [-0.25, -0.2) is 4.58 Å². The first-order chi connectivity index (χ1) is 19.6. The second-order valence-corrected chi connectivity index (χ2v) is 11.5.